The number of hydrogen-bond donors (Lipinski definition) is 1. The third kappa shape index (κ3) is 5.14. The monoisotopic (exact) mass is 643 g/mol. The second-order valence-electron chi connectivity index (χ2n) is 16.0. The van der Waals surface area contributed by atoms with Crippen molar-refractivity contribution in [2.45, 2.75) is 109 Å². The molecular formula is C37H57NO8. The van der Waals surface area contributed by atoms with E-state index in [4.69, 9.17) is 28.4 Å². The molecule has 4 aliphatic carbocycles. The van der Waals surface area contributed by atoms with Gasteiger partial charge < -0.3 is 33.5 Å². The molecule has 9 heteroatoms. The topological polar surface area (TPSA) is 95.9 Å². The van der Waals surface area contributed by atoms with Crippen molar-refractivity contribution in [2.75, 3.05) is 60.3 Å². The SMILES string of the molecule is COCCOCCOCC(=O)Oc1ccc(C)c2c1O[C@@H]1C23CCN(CC2CC2)C(C)[C@]32CC[C@@]1(OC)C(C(C)(O)C(C)(C)C)C2. The maximum atomic E-state index is 13.1. The van der Waals surface area contributed by atoms with Gasteiger partial charge in [-0.05, 0) is 94.2 Å². The fourth-order valence-electron chi connectivity index (χ4n) is 9.96. The maximum Gasteiger partial charge on any atom is 0.337 e. The molecule has 0 amide bonds. The Kier molecular flexibility index (Phi) is 9.12. The van der Waals surface area contributed by atoms with Crippen LogP contribution in [0.25, 0.3) is 0 Å². The van der Waals surface area contributed by atoms with Crippen molar-refractivity contribution in [3.8, 4) is 11.5 Å². The number of carbonyl (C=O) groups is 1. The van der Waals surface area contributed by atoms with E-state index in [1.54, 1.807) is 14.2 Å². The number of fused-ring (bicyclic) bond motifs is 3. The summed E-state index contributed by atoms with van der Waals surface area (Å²) in [4.78, 5) is 15.8. The van der Waals surface area contributed by atoms with Crippen LogP contribution < -0.4 is 9.47 Å². The molecule has 1 aromatic rings. The van der Waals surface area contributed by atoms with Crippen molar-refractivity contribution < 1.29 is 38.3 Å². The lowest BCUT2D eigenvalue weighted by Crippen LogP contribution is -2.81. The Balaban J connectivity index is 1.37. The second kappa shape index (κ2) is 12.3. The molecule has 2 bridgehead atoms. The van der Waals surface area contributed by atoms with Gasteiger partial charge in [0, 0.05) is 43.7 Å². The molecule has 5 fully saturated rings. The number of methoxy groups -OCH3 is 2. The molecule has 1 saturated heterocycles. The average Bonchev–Trinajstić information content (AvgIpc) is 3.76. The number of piperidine rings is 1. The fourth-order valence-corrected chi connectivity index (χ4v) is 9.96. The number of hydrogen-bond acceptors (Lipinski definition) is 9. The van der Waals surface area contributed by atoms with Crippen LogP contribution in [-0.2, 0) is 29.2 Å². The first kappa shape index (κ1) is 34.1. The number of nitrogens with zero attached hydrogens (tertiary/aromatic N) is 1. The summed E-state index contributed by atoms with van der Waals surface area (Å²) in [6.07, 6.45) is 5.95. The molecule has 7 rings (SSSR count). The highest BCUT2D eigenvalue weighted by Gasteiger charge is 2.81. The summed E-state index contributed by atoms with van der Waals surface area (Å²) in [7, 11) is 3.43. The molecule has 2 heterocycles. The third-order valence-corrected chi connectivity index (χ3v) is 13.1. The van der Waals surface area contributed by atoms with Gasteiger partial charge in [-0.2, -0.15) is 0 Å². The Labute approximate surface area is 275 Å². The summed E-state index contributed by atoms with van der Waals surface area (Å²) < 4.78 is 35.9. The summed E-state index contributed by atoms with van der Waals surface area (Å²) >= 11 is 0. The number of benzene rings is 1. The Bertz CT molecular complexity index is 1290. The minimum atomic E-state index is -1.01. The lowest BCUT2D eigenvalue weighted by molar-refractivity contribution is -0.309. The number of ether oxygens (including phenoxy) is 6. The number of carbonyl (C=O) groups excluding carboxylic acids is 1. The van der Waals surface area contributed by atoms with Gasteiger partial charge in [-0.1, -0.05) is 26.8 Å². The normalized spacial score (nSPS) is 34.8. The molecule has 1 aromatic carbocycles. The van der Waals surface area contributed by atoms with E-state index < -0.39 is 17.2 Å². The first-order valence-corrected chi connectivity index (χ1v) is 17.5. The quantitative estimate of drug-likeness (QED) is 0.180. The van der Waals surface area contributed by atoms with Gasteiger partial charge in [0.1, 0.15) is 18.3 Å². The van der Waals surface area contributed by atoms with Crippen LogP contribution in [0.3, 0.4) is 0 Å². The van der Waals surface area contributed by atoms with Gasteiger partial charge in [-0.25, -0.2) is 4.79 Å². The summed E-state index contributed by atoms with van der Waals surface area (Å²) in [5.41, 5.74) is -0.227. The van der Waals surface area contributed by atoms with Gasteiger partial charge in [0.2, 0.25) is 0 Å². The summed E-state index contributed by atoms with van der Waals surface area (Å²) in [5.74, 6) is 1.27. The predicted octanol–water partition coefficient (Wildman–Crippen LogP) is 5.07. The smallest absolute Gasteiger partial charge is 0.337 e. The highest BCUT2D eigenvalue weighted by atomic mass is 16.6. The van der Waals surface area contributed by atoms with Crippen LogP contribution >= 0.6 is 0 Å². The van der Waals surface area contributed by atoms with Crippen molar-refractivity contribution in [3.05, 3.63) is 23.3 Å². The molecule has 2 spiro atoms. The number of rotatable bonds is 13. The van der Waals surface area contributed by atoms with Crippen LogP contribution in [0.15, 0.2) is 12.1 Å². The van der Waals surface area contributed by atoms with Gasteiger partial charge in [0.25, 0.3) is 0 Å². The molecule has 2 aliphatic heterocycles. The standard InChI is InChI=1S/C37H57NO8/c1-24-9-12-27(45-29(39)23-44-20-19-43-18-17-41-7)31-30(24)36-15-16-38(22-26-10-11-26)25(2)35(36)13-14-37(42-8,32(36)46-31)28(21-35)34(6,40)33(3,4)5/h9,12,25-26,28,32,40H,10-11,13-23H2,1-8H3/t25?,28?,32-,34?,35-,36?,37-/m1/s1. The van der Waals surface area contributed by atoms with Gasteiger partial charge in [-0.15, -0.1) is 0 Å². The minimum Gasteiger partial charge on any atom is -0.482 e. The van der Waals surface area contributed by atoms with Crippen molar-refractivity contribution >= 4 is 5.97 Å². The Morgan fingerprint density at radius 3 is 2.43 bits per heavy atom. The van der Waals surface area contributed by atoms with E-state index >= 15 is 0 Å². The molecule has 9 nitrogen and oxygen atoms in total. The third-order valence-electron chi connectivity index (χ3n) is 13.1. The first-order valence-electron chi connectivity index (χ1n) is 17.5. The fraction of sp³-hybridized carbons (Fsp3) is 0.811. The van der Waals surface area contributed by atoms with Gasteiger partial charge >= 0.3 is 5.97 Å². The van der Waals surface area contributed by atoms with Crippen molar-refractivity contribution in [1.82, 2.24) is 4.90 Å². The van der Waals surface area contributed by atoms with E-state index in [1.807, 2.05) is 13.0 Å². The number of aliphatic hydroxyl groups is 1. The average molecular weight is 644 g/mol. The summed E-state index contributed by atoms with van der Waals surface area (Å²) in [6.45, 7) is 16.6. The van der Waals surface area contributed by atoms with E-state index in [0.717, 1.165) is 50.3 Å². The van der Waals surface area contributed by atoms with E-state index in [2.05, 4.69) is 45.6 Å². The van der Waals surface area contributed by atoms with Gasteiger partial charge in [0.15, 0.2) is 11.5 Å². The van der Waals surface area contributed by atoms with Crippen LogP contribution in [0.1, 0.15) is 84.3 Å². The molecule has 4 unspecified atom stereocenters. The molecule has 0 aromatic heterocycles. The Morgan fingerprint density at radius 1 is 1.04 bits per heavy atom. The first-order chi connectivity index (χ1) is 21.8. The Hall–Kier alpha value is -1.75. The zero-order chi connectivity index (χ0) is 33.1. The van der Waals surface area contributed by atoms with Crippen LogP contribution in [-0.4, -0.2) is 99.7 Å². The van der Waals surface area contributed by atoms with Gasteiger partial charge in [-0.3, -0.25) is 4.90 Å². The maximum absolute atomic E-state index is 13.1. The molecule has 4 saturated carbocycles. The lowest BCUT2D eigenvalue weighted by Gasteiger charge is -2.74. The zero-order valence-corrected chi connectivity index (χ0v) is 29.4. The molecule has 6 aliphatic rings. The van der Waals surface area contributed by atoms with E-state index in [1.165, 1.54) is 18.4 Å². The molecule has 258 valence electrons. The van der Waals surface area contributed by atoms with Crippen LogP contribution in [0.5, 0.6) is 11.5 Å². The van der Waals surface area contributed by atoms with Crippen LogP contribution in [0, 0.1) is 29.6 Å². The van der Waals surface area contributed by atoms with Gasteiger partial charge in [0.05, 0.1) is 32.0 Å². The van der Waals surface area contributed by atoms with Crippen LogP contribution in [0.2, 0.25) is 0 Å². The zero-order valence-electron chi connectivity index (χ0n) is 29.4. The molecular weight excluding hydrogens is 586 g/mol. The molecule has 7 atom stereocenters. The predicted molar refractivity (Wildman–Crippen MR) is 174 cm³/mol. The number of aryl methyl sites for hydroxylation is 1. The van der Waals surface area contributed by atoms with Crippen molar-refractivity contribution in [1.29, 1.82) is 0 Å². The lowest BCUT2D eigenvalue weighted by atomic mass is 9.35. The Morgan fingerprint density at radius 2 is 1.76 bits per heavy atom. The molecule has 1 N–H and O–H groups in total. The second-order valence-corrected chi connectivity index (χ2v) is 16.0. The molecule has 0 radical (unpaired) electrons. The summed E-state index contributed by atoms with van der Waals surface area (Å²) in [6, 6.07) is 4.24. The van der Waals surface area contributed by atoms with Crippen molar-refractivity contribution in [3.63, 3.8) is 0 Å². The van der Waals surface area contributed by atoms with Crippen molar-refractivity contribution in [2.24, 2.45) is 22.7 Å². The van der Waals surface area contributed by atoms with Crippen LogP contribution in [0.4, 0.5) is 0 Å². The minimum absolute atomic E-state index is 0.139. The number of likely N-dealkylation sites (tertiary alicyclic amines) is 1. The van der Waals surface area contributed by atoms with E-state index in [0.29, 0.717) is 37.4 Å². The molecule has 46 heavy (non-hydrogen) atoms. The number of esters is 1. The highest BCUT2D eigenvalue weighted by molar-refractivity contribution is 5.75. The highest BCUT2D eigenvalue weighted by Crippen LogP contribution is 2.76. The largest absolute Gasteiger partial charge is 0.482 e. The van der Waals surface area contributed by atoms with E-state index in [9.17, 15) is 9.90 Å². The summed E-state index contributed by atoms with van der Waals surface area (Å²) in [5, 5.41) is 12.5. The van der Waals surface area contributed by atoms with E-state index in [-0.39, 0.29) is 41.5 Å².